The van der Waals surface area contributed by atoms with E-state index in [0.717, 1.165) is 50.7 Å². The number of anilines is 1. The minimum atomic E-state index is -0.220. The number of rotatable bonds is 8. The fourth-order valence-electron chi connectivity index (χ4n) is 3.96. The van der Waals surface area contributed by atoms with Crippen LogP contribution in [0.25, 0.3) is 0 Å². The van der Waals surface area contributed by atoms with Crippen LogP contribution in [0.4, 0.5) is 5.82 Å². The van der Waals surface area contributed by atoms with E-state index in [1.165, 1.54) is 4.57 Å². The smallest absolute Gasteiger partial charge is 0.333 e. The molecule has 164 valence electrons. The van der Waals surface area contributed by atoms with Gasteiger partial charge in [0.25, 0.3) is 5.56 Å². The molecular weight excluding hydrogens is 380 g/mol. The highest BCUT2D eigenvalue weighted by molar-refractivity contribution is 5.39. The lowest BCUT2D eigenvalue weighted by molar-refractivity contribution is 0.223. The Morgan fingerprint density at radius 3 is 2.13 bits per heavy atom. The van der Waals surface area contributed by atoms with Gasteiger partial charge in [0.15, 0.2) is 0 Å². The van der Waals surface area contributed by atoms with E-state index in [1.807, 2.05) is 58.0 Å². The number of benzene rings is 1. The van der Waals surface area contributed by atoms with Crippen molar-refractivity contribution >= 4 is 5.82 Å². The number of hydrogen-bond acceptors (Lipinski definition) is 5. The molecule has 0 amide bonds. The molecule has 0 spiro atoms. The zero-order chi connectivity index (χ0) is 21.7. The molecule has 0 atom stereocenters. The molecule has 2 aromatic rings. The average molecular weight is 415 g/mol. The third-order valence-corrected chi connectivity index (χ3v) is 5.51. The summed E-state index contributed by atoms with van der Waals surface area (Å²) >= 11 is 0. The van der Waals surface area contributed by atoms with Crippen molar-refractivity contribution in [3.63, 3.8) is 0 Å². The summed E-state index contributed by atoms with van der Waals surface area (Å²) < 4.78 is 8.87. The van der Waals surface area contributed by atoms with Crippen LogP contribution in [0.15, 0.2) is 46.0 Å². The molecule has 7 nitrogen and oxygen atoms in total. The highest BCUT2D eigenvalue weighted by Gasteiger charge is 2.23. The summed E-state index contributed by atoms with van der Waals surface area (Å²) in [5.41, 5.74) is -0.439. The van der Waals surface area contributed by atoms with E-state index in [0.29, 0.717) is 6.61 Å². The quantitative estimate of drug-likeness (QED) is 0.622. The van der Waals surface area contributed by atoms with Crippen LogP contribution in [0, 0.1) is 0 Å². The van der Waals surface area contributed by atoms with Gasteiger partial charge in [-0.15, -0.1) is 0 Å². The van der Waals surface area contributed by atoms with Gasteiger partial charge in [-0.25, -0.2) is 4.79 Å². The normalized spacial score (nSPS) is 15.2. The maximum absolute atomic E-state index is 13.0. The van der Waals surface area contributed by atoms with E-state index < -0.39 is 0 Å². The maximum atomic E-state index is 13.0. The van der Waals surface area contributed by atoms with Crippen LogP contribution in [0.5, 0.6) is 5.75 Å². The second kappa shape index (κ2) is 9.98. The van der Waals surface area contributed by atoms with Gasteiger partial charge in [0.1, 0.15) is 11.6 Å². The second-order valence-corrected chi connectivity index (χ2v) is 8.39. The minimum Gasteiger partial charge on any atom is -0.494 e. The van der Waals surface area contributed by atoms with Gasteiger partial charge in [0.05, 0.1) is 6.61 Å². The predicted octanol–water partition coefficient (Wildman–Crippen LogP) is 2.76. The molecule has 1 fully saturated rings. The lowest BCUT2D eigenvalue weighted by Crippen LogP contribution is -2.50. The van der Waals surface area contributed by atoms with Crippen molar-refractivity contribution < 1.29 is 4.74 Å². The number of nitrogens with zero attached hydrogens (tertiary/aromatic N) is 4. The first kappa shape index (κ1) is 22.2. The first-order chi connectivity index (χ1) is 14.4. The monoisotopic (exact) mass is 414 g/mol. The third kappa shape index (κ3) is 5.14. The molecule has 1 aromatic carbocycles. The predicted molar refractivity (Wildman–Crippen MR) is 121 cm³/mol. The molecule has 0 N–H and O–H groups in total. The molecule has 1 saturated heterocycles. The Morgan fingerprint density at radius 1 is 0.900 bits per heavy atom. The molecule has 0 saturated carbocycles. The molecular formula is C23H34N4O3. The highest BCUT2D eigenvalue weighted by atomic mass is 16.5. The summed E-state index contributed by atoms with van der Waals surface area (Å²) in [5.74, 6) is 1.65. The van der Waals surface area contributed by atoms with Gasteiger partial charge in [0, 0.05) is 50.9 Å². The Hall–Kier alpha value is -2.54. The minimum absolute atomic E-state index is 0.00809. The zero-order valence-electron chi connectivity index (χ0n) is 18.6. The second-order valence-electron chi connectivity index (χ2n) is 8.39. The molecule has 3 rings (SSSR count). The van der Waals surface area contributed by atoms with E-state index in [9.17, 15) is 9.59 Å². The Kier molecular flexibility index (Phi) is 7.37. The summed E-state index contributed by atoms with van der Waals surface area (Å²) in [6, 6.07) is 11.3. The van der Waals surface area contributed by atoms with E-state index >= 15 is 0 Å². The van der Waals surface area contributed by atoms with Gasteiger partial charge in [-0.2, -0.15) is 0 Å². The standard InChI is InChI=1S/C23H34N4O3/c1-18(2)26-21(17-22(28)27(19(3)4)23(26)29)25-14-12-24(13-15-25)11-8-16-30-20-9-6-5-7-10-20/h5-7,9-10,17-19H,8,11-16H2,1-4H3. The lowest BCUT2D eigenvalue weighted by atomic mass is 10.2. The van der Waals surface area contributed by atoms with Crippen LogP contribution in [-0.4, -0.2) is 53.4 Å². The molecule has 2 heterocycles. The van der Waals surface area contributed by atoms with Crippen molar-refractivity contribution in [1.82, 2.24) is 14.0 Å². The first-order valence-electron chi connectivity index (χ1n) is 10.9. The molecule has 0 unspecified atom stereocenters. The van der Waals surface area contributed by atoms with Gasteiger partial charge in [-0.3, -0.25) is 18.8 Å². The molecule has 0 aliphatic carbocycles. The molecule has 0 bridgehead atoms. The summed E-state index contributed by atoms with van der Waals surface area (Å²) in [5, 5.41) is 0. The van der Waals surface area contributed by atoms with Crippen molar-refractivity contribution in [2.75, 3.05) is 44.2 Å². The molecule has 1 aliphatic rings. The maximum Gasteiger partial charge on any atom is 0.333 e. The fourth-order valence-corrected chi connectivity index (χ4v) is 3.96. The van der Waals surface area contributed by atoms with E-state index in [-0.39, 0.29) is 23.3 Å². The first-order valence-corrected chi connectivity index (χ1v) is 10.9. The Labute approximate surface area is 178 Å². The van der Waals surface area contributed by atoms with Gasteiger partial charge in [-0.1, -0.05) is 18.2 Å². The van der Waals surface area contributed by atoms with Crippen LogP contribution in [0.3, 0.4) is 0 Å². The van der Waals surface area contributed by atoms with Crippen molar-refractivity contribution in [3.05, 3.63) is 57.2 Å². The van der Waals surface area contributed by atoms with Crippen LogP contribution in [-0.2, 0) is 0 Å². The summed E-state index contributed by atoms with van der Waals surface area (Å²) in [6.07, 6.45) is 0.968. The van der Waals surface area contributed by atoms with Gasteiger partial charge >= 0.3 is 5.69 Å². The van der Waals surface area contributed by atoms with Gasteiger partial charge < -0.3 is 9.64 Å². The van der Waals surface area contributed by atoms with Crippen molar-refractivity contribution in [3.8, 4) is 5.75 Å². The van der Waals surface area contributed by atoms with E-state index in [1.54, 1.807) is 10.6 Å². The zero-order valence-corrected chi connectivity index (χ0v) is 18.6. The van der Waals surface area contributed by atoms with Gasteiger partial charge in [0.2, 0.25) is 0 Å². The van der Waals surface area contributed by atoms with Crippen LogP contribution >= 0.6 is 0 Å². The number of ether oxygens (including phenoxy) is 1. The Balaban J connectivity index is 1.59. The fraction of sp³-hybridized carbons (Fsp3) is 0.565. The Morgan fingerprint density at radius 2 is 1.53 bits per heavy atom. The third-order valence-electron chi connectivity index (χ3n) is 5.51. The molecule has 30 heavy (non-hydrogen) atoms. The van der Waals surface area contributed by atoms with E-state index in [4.69, 9.17) is 4.74 Å². The van der Waals surface area contributed by atoms with Crippen LogP contribution in [0.2, 0.25) is 0 Å². The summed E-state index contributed by atoms with van der Waals surface area (Å²) in [6.45, 7) is 12.8. The Bertz CT molecular complexity index is 926. The number of para-hydroxylation sites is 1. The summed E-state index contributed by atoms with van der Waals surface area (Å²) in [4.78, 5) is 30.1. The molecule has 7 heteroatoms. The highest BCUT2D eigenvalue weighted by Crippen LogP contribution is 2.18. The SMILES string of the molecule is CC(C)n1c(N2CCN(CCCOc3ccccc3)CC2)cc(=O)n(C(C)C)c1=O. The number of hydrogen-bond donors (Lipinski definition) is 0. The molecule has 0 radical (unpaired) electrons. The van der Waals surface area contributed by atoms with Crippen LogP contribution in [0.1, 0.15) is 46.2 Å². The number of aromatic nitrogens is 2. The molecule has 1 aromatic heterocycles. The topological polar surface area (TPSA) is 59.7 Å². The lowest BCUT2D eigenvalue weighted by Gasteiger charge is -2.37. The van der Waals surface area contributed by atoms with Crippen molar-refractivity contribution in [2.24, 2.45) is 0 Å². The molecule has 1 aliphatic heterocycles. The average Bonchev–Trinajstić information content (AvgIpc) is 2.71. The van der Waals surface area contributed by atoms with E-state index in [2.05, 4.69) is 9.80 Å². The van der Waals surface area contributed by atoms with Crippen LogP contribution < -0.4 is 20.9 Å². The van der Waals surface area contributed by atoms with Crippen molar-refractivity contribution in [2.45, 2.75) is 46.2 Å². The summed E-state index contributed by atoms with van der Waals surface area (Å²) in [7, 11) is 0. The van der Waals surface area contributed by atoms with Gasteiger partial charge in [-0.05, 0) is 46.2 Å². The van der Waals surface area contributed by atoms with Crippen molar-refractivity contribution in [1.29, 1.82) is 0 Å². The number of piperazine rings is 1. The largest absolute Gasteiger partial charge is 0.494 e.